The predicted octanol–water partition coefficient (Wildman–Crippen LogP) is 4.17. The fourth-order valence-electron chi connectivity index (χ4n) is 2.81. The number of methoxy groups -OCH3 is 1. The minimum atomic E-state index is 0.356. The summed E-state index contributed by atoms with van der Waals surface area (Å²) in [6, 6.07) is 15.4. The van der Waals surface area contributed by atoms with E-state index in [1.54, 1.807) is 7.11 Å². The van der Waals surface area contributed by atoms with Crippen LogP contribution in [0.3, 0.4) is 0 Å². The van der Waals surface area contributed by atoms with Gasteiger partial charge in [0.15, 0.2) is 0 Å². The van der Waals surface area contributed by atoms with E-state index in [0.717, 1.165) is 12.3 Å². The monoisotopic (exact) mass is 480 g/mol. The van der Waals surface area contributed by atoms with E-state index in [9.17, 15) is 0 Å². The van der Waals surface area contributed by atoms with Crippen LogP contribution in [-0.4, -0.2) is 36.1 Å². The number of aromatic nitrogens is 1. The van der Waals surface area contributed by atoms with Gasteiger partial charge in [0, 0.05) is 0 Å². The number of aryl methyl sites for hydroxylation is 1. The summed E-state index contributed by atoms with van der Waals surface area (Å²) < 4.78 is 12.1. The zero-order valence-electron chi connectivity index (χ0n) is 14.1. The fraction of sp³-hybridized carbons (Fsp3) is 0.150. The van der Waals surface area contributed by atoms with Crippen LogP contribution in [0.1, 0.15) is 16.4 Å². The molecular weight excluding hydrogens is 460 g/mol. The summed E-state index contributed by atoms with van der Waals surface area (Å²) in [6.45, 7) is 3.20. The molecule has 126 valence electrons. The van der Waals surface area contributed by atoms with Crippen molar-refractivity contribution in [1.82, 2.24) is 0 Å². The van der Waals surface area contributed by atoms with Crippen molar-refractivity contribution in [2.75, 3.05) is 7.11 Å². The van der Waals surface area contributed by atoms with Gasteiger partial charge < -0.3 is 0 Å². The Hall–Kier alpha value is -1.35. The van der Waals surface area contributed by atoms with Crippen LogP contribution < -0.4 is 9.30 Å². The molecule has 0 unspecified atom stereocenters. The van der Waals surface area contributed by atoms with Crippen LogP contribution in [0.2, 0.25) is 0 Å². The van der Waals surface area contributed by atoms with Crippen molar-refractivity contribution in [2.24, 2.45) is 0 Å². The first-order chi connectivity index (χ1) is 12.3. The van der Waals surface area contributed by atoms with Gasteiger partial charge in [0.05, 0.1) is 0 Å². The molecule has 3 aromatic heterocycles. The number of benzene rings is 1. The Morgan fingerprint density at radius 2 is 2.08 bits per heavy atom. The van der Waals surface area contributed by atoms with Crippen molar-refractivity contribution in [1.29, 1.82) is 0 Å². The van der Waals surface area contributed by atoms with Gasteiger partial charge in [-0.15, -0.1) is 0 Å². The first kappa shape index (κ1) is 17.1. The Balaban J connectivity index is 1.67. The number of hydrogen-bond acceptors (Lipinski definition) is 2. The Morgan fingerprint density at radius 1 is 1.16 bits per heavy atom. The first-order valence-electron chi connectivity index (χ1n) is 8.10. The fourth-order valence-corrected chi connectivity index (χ4v) is 7.83. The third kappa shape index (κ3) is 3.48. The number of fused-ring (bicyclic) bond motifs is 1. The van der Waals surface area contributed by atoms with Crippen LogP contribution in [0.4, 0.5) is 0 Å². The molecular formula is C20H18NOSSe2+. The molecule has 2 nitrogen and oxygen atoms in total. The second-order valence-electron chi connectivity index (χ2n) is 5.53. The Kier molecular flexibility index (Phi) is 5.12. The van der Waals surface area contributed by atoms with Gasteiger partial charge in [0.25, 0.3) is 0 Å². The van der Waals surface area contributed by atoms with Gasteiger partial charge in [-0.3, -0.25) is 0 Å². The average Bonchev–Trinajstić information content (AvgIpc) is 3.37. The van der Waals surface area contributed by atoms with E-state index in [-0.39, 0.29) is 0 Å². The van der Waals surface area contributed by atoms with E-state index in [1.807, 2.05) is 11.3 Å². The molecule has 0 aliphatic heterocycles. The molecule has 3 heterocycles. The number of hydrogen-bond donors (Lipinski definition) is 0. The third-order valence-electron chi connectivity index (χ3n) is 4.03. The Bertz CT molecular complexity index is 1030. The zero-order chi connectivity index (χ0) is 17.2. The number of rotatable bonds is 5. The van der Waals surface area contributed by atoms with Crippen LogP contribution >= 0.6 is 11.3 Å². The van der Waals surface area contributed by atoms with Gasteiger partial charge in [-0.05, 0) is 0 Å². The molecule has 0 saturated heterocycles. The predicted molar refractivity (Wildman–Crippen MR) is 109 cm³/mol. The summed E-state index contributed by atoms with van der Waals surface area (Å²) in [5.41, 5.74) is 1.30. The summed E-state index contributed by atoms with van der Waals surface area (Å²) in [6.07, 6.45) is 4.57. The quantitative estimate of drug-likeness (QED) is 0.310. The molecule has 0 saturated carbocycles. The van der Waals surface area contributed by atoms with Crippen molar-refractivity contribution in [3.8, 4) is 15.1 Å². The van der Waals surface area contributed by atoms with Crippen molar-refractivity contribution in [3.63, 3.8) is 0 Å². The first-order valence-corrected chi connectivity index (χ1v) is 12.5. The Morgan fingerprint density at radius 3 is 2.84 bits per heavy atom. The Labute approximate surface area is 163 Å². The third-order valence-corrected chi connectivity index (χ3v) is 9.68. The molecule has 1 aromatic carbocycles. The van der Waals surface area contributed by atoms with Crippen LogP contribution in [0.25, 0.3) is 31.2 Å². The second kappa shape index (κ2) is 7.49. The molecule has 0 amide bonds. The topological polar surface area (TPSA) is 13.1 Å². The van der Waals surface area contributed by atoms with E-state index < -0.39 is 0 Å². The van der Waals surface area contributed by atoms with Crippen molar-refractivity contribution >= 4 is 62.3 Å². The van der Waals surface area contributed by atoms with Gasteiger partial charge in [0.1, 0.15) is 0 Å². The average molecular weight is 478 g/mol. The van der Waals surface area contributed by atoms with E-state index in [2.05, 4.69) is 71.0 Å². The van der Waals surface area contributed by atoms with E-state index in [1.165, 1.54) is 28.5 Å². The summed E-state index contributed by atoms with van der Waals surface area (Å²) in [5.74, 6) is 0.932. The minimum absolute atomic E-state index is 0.356. The van der Waals surface area contributed by atoms with Gasteiger partial charge in [-0.25, -0.2) is 0 Å². The summed E-state index contributed by atoms with van der Waals surface area (Å²) in [5, 5.41) is 0. The molecule has 0 aliphatic carbocycles. The number of ether oxygens (including phenoxy) is 1. The van der Waals surface area contributed by atoms with Crippen LogP contribution in [0.5, 0.6) is 5.75 Å². The second-order valence-corrected chi connectivity index (χ2v) is 10.9. The van der Waals surface area contributed by atoms with E-state index in [4.69, 9.17) is 4.74 Å². The molecule has 25 heavy (non-hydrogen) atoms. The van der Waals surface area contributed by atoms with Gasteiger partial charge >= 0.3 is 164 Å². The maximum absolute atomic E-state index is 5.39. The molecule has 0 radical (unpaired) electrons. The molecule has 5 heteroatoms. The molecule has 0 bridgehead atoms. The molecule has 0 N–H and O–H groups in total. The SMILES string of the molecule is CC[n+]1c(/C=C/c2ccc(-c3ccc[se]3)s2)[se]c2ccc(OC)cc21. The summed E-state index contributed by atoms with van der Waals surface area (Å²) >= 11 is 2.75. The summed E-state index contributed by atoms with van der Waals surface area (Å²) in [7, 11) is 1.73. The standard InChI is InChI=1S/C20H18NOSSe2/c1-3-21-16-13-14(22-2)6-10-18(16)25-20(21)11-8-15-7-9-17(23-15)19-5-4-12-24-19/h4-13H,3H2,1-2H3/q+1/b11-8+. The van der Waals surface area contributed by atoms with Crippen molar-refractivity contribution in [2.45, 2.75) is 13.5 Å². The normalized spacial score (nSPS) is 11.6. The van der Waals surface area contributed by atoms with Crippen LogP contribution in [-0.2, 0) is 6.54 Å². The van der Waals surface area contributed by atoms with Crippen LogP contribution in [0.15, 0.2) is 47.4 Å². The zero-order valence-corrected chi connectivity index (χ0v) is 18.3. The maximum atomic E-state index is 5.39. The number of thiophene rings is 1. The van der Waals surface area contributed by atoms with Crippen molar-refractivity contribution < 1.29 is 9.30 Å². The van der Waals surface area contributed by atoms with Gasteiger partial charge in [-0.1, -0.05) is 0 Å². The van der Waals surface area contributed by atoms with E-state index >= 15 is 0 Å². The summed E-state index contributed by atoms with van der Waals surface area (Å²) in [4.78, 5) is 5.01. The molecule has 0 atom stereocenters. The van der Waals surface area contributed by atoms with Crippen molar-refractivity contribution in [3.05, 3.63) is 56.8 Å². The molecule has 4 rings (SSSR count). The number of nitrogens with zero attached hydrogens (tertiary/aromatic N) is 1. The van der Waals surface area contributed by atoms with Crippen LogP contribution in [0, 0.1) is 0 Å². The van der Waals surface area contributed by atoms with Gasteiger partial charge in [-0.2, -0.15) is 0 Å². The van der Waals surface area contributed by atoms with E-state index in [0.29, 0.717) is 29.0 Å². The molecule has 0 aliphatic rings. The molecule has 0 fully saturated rings. The molecule has 0 spiro atoms. The molecule has 4 aromatic rings. The van der Waals surface area contributed by atoms with Gasteiger partial charge in [0.2, 0.25) is 0 Å².